The average Bonchev–Trinajstić information content (AvgIpc) is 2.00. The molecule has 3 heteroatoms. The summed E-state index contributed by atoms with van der Waals surface area (Å²) in [6.07, 6.45) is 1.10. The van der Waals surface area contributed by atoms with Crippen LogP contribution in [0.4, 0.5) is 0 Å². The smallest absolute Gasteiger partial charge is 0.0640 e. The van der Waals surface area contributed by atoms with Crippen molar-refractivity contribution in [1.82, 2.24) is 0 Å². The van der Waals surface area contributed by atoms with E-state index in [0.29, 0.717) is 12.8 Å². The van der Waals surface area contributed by atoms with Gasteiger partial charge in [0.1, 0.15) is 0 Å². The van der Waals surface area contributed by atoms with E-state index in [1.54, 1.807) is 6.92 Å². The SMILES string of the molecule is CC1(CO)C(O)CCCC1O. The Kier molecular flexibility index (Phi) is 2.52. The van der Waals surface area contributed by atoms with Gasteiger partial charge in [-0.25, -0.2) is 0 Å². The predicted molar refractivity (Wildman–Crippen MR) is 41.1 cm³/mol. The zero-order valence-electron chi connectivity index (χ0n) is 6.82. The van der Waals surface area contributed by atoms with Crippen molar-refractivity contribution < 1.29 is 15.3 Å². The van der Waals surface area contributed by atoms with E-state index < -0.39 is 17.6 Å². The number of aliphatic hydroxyl groups excluding tert-OH is 3. The molecule has 1 fully saturated rings. The third kappa shape index (κ3) is 1.41. The lowest BCUT2D eigenvalue weighted by Gasteiger charge is -2.40. The maximum atomic E-state index is 9.48. The summed E-state index contributed by atoms with van der Waals surface area (Å²) in [4.78, 5) is 0. The van der Waals surface area contributed by atoms with E-state index in [0.717, 1.165) is 6.42 Å². The molecule has 0 saturated heterocycles. The van der Waals surface area contributed by atoms with Crippen molar-refractivity contribution in [2.45, 2.75) is 38.4 Å². The molecular formula is C8H16O3. The molecule has 0 amide bonds. The first-order chi connectivity index (χ1) is 5.11. The van der Waals surface area contributed by atoms with Gasteiger partial charge in [0.15, 0.2) is 0 Å². The summed E-state index contributed by atoms with van der Waals surface area (Å²) in [6.45, 7) is 1.58. The van der Waals surface area contributed by atoms with E-state index in [4.69, 9.17) is 5.11 Å². The third-order valence-corrected chi connectivity index (χ3v) is 2.82. The minimum absolute atomic E-state index is 0.144. The molecule has 2 atom stereocenters. The monoisotopic (exact) mass is 160 g/mol. The second-order valence-electron chi connectivity index (χ2n) is 3.63. The summed E-state index contributed by atoms with van der Waals surface area (Å²) in [5.74, 6) is 0. The Morgan fingerprint density at radius 3 is 2.00 bits per heavy atom. The molecule has 0 heterocycles. The van der Waals surface area contributed by atoms with Gasteiger partial charge in [-0.05, 0) is 19.3 Å². The number of rotatable bonds is 1. The highest BCUT2D eigenvalue weighted by molar-refractivity contribution is 4.92. The van der Waals surface area contributed by atoms with Crippen molar-refractivity contribution in [1.29, 1.82) is 0 Å². The molecule has 3 N–H and O–H groups in total. The number of hydrogen-bond donors (Lipinski definition) is 3. The van der Waals surface area contributed by atoms with Crippen LogP contribution in [0, 0.1) is 5.41 Å². The van der Waals surface area contributed by atoms with Crippen molar-refractivity contribution in [2.24, 2.45) is 5.41 Å². The van der Waals surface area contributed by atoms with Crippen LogP contribution < -0.4 is 0 Å². The van der Waals surface area contributed by atoms with E-state index in [9.17, 15) is 10.2 Å². The van der Waals surface area contributed by atoms with Gasteiger partial charge in [0, 0.05) is 5.41 Å². The number of hydrogen-bond acceptors (Lipinski definition) is 3. The molecule has 1 aliphatic carbocycles. The largest absolute Gasteiger partial charge is 0.396 e. The molecule has 0 radical (unpaired) electrons. The minimum Gasteiger partial charge on any atom is -0.396 e. The Labute approximate surface area is 66.7 Å². The van der Waals surface area contributed by atoms with Gasteiger partial charge in [-0.1, -0.05) is 6.92 Å². The first kappa shape index (κ1) is 8.97. The highest BCUT2D eigenvalue weighted by atomic mass is 16.3. The molecule has 0 spiro atoms. The lowest BCUT2D eigenvalue weighted by atomic mass is 9.72. The standard InChI is InChI=1S/C8H16O3/c1-8(5-9)6(10)3-2-4-7(8)11/h6-7,9-11H,2-5H2,1H3. The van der Waals surface area contributed by atoms with Crippen molar-refractivity contribution in [2.75, 3.05) is 6.61 Å². The van der Waals surface area contributed by atoms with Crippen LogP contribution in [0.15, 0.2) is 0 Å². The van der Waals surface area contributed by atoms with Crippen molar-refractivity contribution >= 4 is 0 Å². The van der Waals surface area contributed by atoms with Crippen molar-refractivity contribution in [3.63, 3.8) is 0 Å². The van der Waals surface area contributed by atoms with Gasteiger partial charge >= 0.3 is 0 Å². The summed E-state index contributed by atoms with van der Waals surface area (Å²) >= 11 is 0. The van der Waals surface area contributed by atoms with E-state index in [1.807, 2.05) is 0 Å². The lowest BCUT2D eigenvalue weighted by Crippen LogP contribution is -2.48. The average molecular weight is 160 g/mol. The molecule has 0 aromatic heterocycles. The fourth-order valence-corrected chi connectivity index (χ4v) is 1.60. The first-order valence-corrected chi connectivity index (χ1v) is 4.08. The molecule has 11 heavy (non-hydrogen) atoms. The molecule has 66 valence electrons. The Morgan fingerprint density at radius 1 is 1.27 bits per heavy atom. The van der Waals surface area contributed by atoms with Crippen molar-refractivity contribution in [3.05, 3.63) is 0 Å². The molecule has 3 nitrogen and oxygen atoms in total. The molecule has 2 unspecified atom stereocenters. The van der Waals surface area contributed by atoms with E-state index in [-0.39, 0.29) is 6.61 Å². The van der Waals surface area contributed by atoms with Crippen LogP contribution in [-0.2, 0) is 0 Å². The molecule has 1 aliphatic rings. The van der Waals surface area contributed by atoms with Crippen LogP contribution in [0.25, 0.3) is 0 Å². The van der Waals surface area contributed by atoms with Crippen LogP contribution >= 0.6 is 0 Å². The highest BCUT2D eigenvalue weighted by Gasteiger charge is 2.41. The third-order valence-electron chi connectivity index (χ3n) is 2.82. The quantitative estimate of drug-likeness (QED) is 0.501. The Balaban J connectivity index is 2.69. The first-order valence-electron chi connectivity index (χ1n) is 4.08. The molecule has 1 rings (SSSR count). The molecule has 1 saturated carbocycles. The maximum Gasteiger partial charge on any atom is 0.0640 e. The minimum atomic E-state index is -0.696. The second-order valence-corrected chi connectivity index (χ2v) is 3.63. The van der Waals surface area contributed by atoms with Gasteiger partial charge < -0.3 is 15.3 Å². The zero-order chi connectivity index (χ0) is 8.48. The normalized spacial score (nSPS) is 45.8. The summed E-state index contributed by atoms with van der Waals surface area (Å²) in [6, 6.07) is 0. The van der Waals surface area contributed by atoms with Crippen LogP contribution in [0.1, 0.15) is 26.2 Å². The summed E-state index contributed by atoms with van der Waals surface area (Å²) < 4.78 is 0. The van der Waals surface area contributed by atoms with Gasteiger partial charge in [-0.15, -0.1) is 0 Å². The zero-order valence-corrected chi connectivity index (χ0v) is 6.82. The predicted octanol–water partition coefficient (Wildman–Crippen LogP) is -0.109. The van der Waals surface area contributed by atoms with Gasteiger partial charge in [0.25, 0.3) is 0 Å². The molecule has 0 aliphatic heterocycles. The van der Waals surface area contributed by atoms with Gasteiger partial charge in [0.2, 0.25) is 0 Å². The summed E-state index contributed by atoms with van der Waals surface area (Å²) in [5.41, 5.74) is -0.696. The van der Waals surface area contributed by atoms with Crippen LogP contribution in [0.3, 0.4) is 0 Å². The number of aliphatic hydroxyl groups is 3. The van der Waals surface area contributed by atoms with Crippen LogP contribution in [0.2, 0.25) is 0 Å². The van der Waals surface area contributed by atoms with Gasteiger partial charge in [-0.3, -0.25) is 0 Å². The molecule has 0 aromatic rings. The maximum absolute atomic E-state index is 9.48. The molecular weight excluding hydrogens is 144 g/mol. The molecule has 0 aromatic carbocycles. The van der Waals surface area contributed by atoms with E-state index in [1.165, 1.54) is 0 Å². The lowest BCUT2D eigenvalue weighted by molar-refractivity contribution is -0.114. The Morgan fingerprint density at radius 2 is 1.73 bits per heavy atom. The van der Waals surface area contributed by atoms with Gasteiger partial charge in [0.05, 0.1) is 18.8 Å². The summed E-state index contributed by atoms with van der Waals surface area (Å²) in [5, 5.41) is 27.9. The van der Waals surface area contributed by atoms with Crippen LogP contribution in [-0.4, -0.2) is 34.1 Å². The Hall–Kier alpha value is -0.120. The van der Waals surface area contributed by atoms with Crippen LogP contribution in [0.5, 0.6) is 0 Å². The van der Waals surface area contributed by atoms with E-state index in [2.05, 4.69) is 0 Å². The fourth-order valence-electron chi connectivity index (χ4n) is 1.60. The van der Waals surface area contributed by atoms with Gasteiger partial charge in [-0.2, -0.15) is 0 Å². The second kappa shape index (κ2) is 3.09. The summed E-state index contributed by atoms with van der Waals surface area (Å²) in [7, 11) is 0. The fraction of sp³-hybridized carbons (Fsp3) is 1.00. The van der Waals surface area contributed by atoms with Crippen molar-refractivity contribution in [3.8, 4) is 0 Å². The Bertz CT molecular complexity index is 125. The highest BCUT2D eigenvalue weighted by Crippen LogP contribution is 2.35. The van der Waals surface area contributed by atoms with E-state index >= 15 is 0 Å². The topological polar surface area (TPSA) is 60.7 Å². The molecule has 0 bridgehead atoms.